The number of nitrogens with zero attached hydrogens (tertiary/aromatic N) is 5. The van der Waals surface area contributed by atoms with Crippen molar-refractivity contribution in [3.8, 4) is 5.69 Å². The van der Waals surface area contributed by atoms with Crippen LogP contribution in [0.4, 0.5) is 0 Å². The first kappa shape index (κ1) is 21.6. The molecule has 6 nitrogen and oxygen atoms in total. The van der Waals surface area contributed by atoms with Gasteiger partial charge in [0.2, 0.25) is 0 Å². The van der Waals surface area contributed by atoms with Crippen molar-refractivity contribution in [2.75, 3.05) is 0 Å². The molecule has 2 aliphatic rings. The second kappa shape index (κ2) is 9.30. The van der Waals surface area contributed by atoms with E-state index in [-0.39, 0.29) is 6.10 Å². The molecule has 1 aromatic carbocycles. The van der Waals surface area contributed by atoms with Gasteiger partial charge >= 0.3 is 0 Å². The predicted molar refractivity (Wildman–Crippen MR) is 125 cm³/mol. The molecular formula is C25H30ClN5O. The van der Waals surface area contributed by atoms with Crippen LogP contribution in [0.5, 0.6) is 0 Å². The van der Waals surface area contributed by atoms with Gasteiger partial charge in [0.05, 0.1) is 30.1 Å². The van der Waals surface area contributed by atoms with E-state index in [0.29, 0.717) is 12.0 Å². The predicted octanol–water partition coefficient (Wildman–Crippen LogP) is 5.28. The van der Waals surface area contributed by atoms with E-state index in [1.165, 1.54) is 5.56 Å². The molecule has 3 heterocycles. The molecule has 3 aromatic rings. The number of aromatic nitrogens is 4. The van der Waals surface area contributed by atoms with Crippen LogP contribution >= 0.6 is 11.6 Å². The van der Waals surface area contributed by atoms with Crippen LogP contribution in [-0.2, 0) is 24.4 Å². The molecule has 1 fully saturated rings. The summed E-state index contributed by atoms with van der Waals surface area (Å²) in [7, 11) is 0. The van der Waals surface area contributed by atoms with Crippen molar-refractivity contribution >= 4 is 11.6 Å². The van der Waals surface area contributed by atoms with E-state index in [1.807, 2.05) is 24.4 Å². The first-order valence-corrected chi connectivity index (χ1v) is 12.0. The molecular weight excluding hydrogens is 422 g/mol. The molecule has 32 heavy (non-hydrogen) atoms. The van der Waals surface area contributed by atoms with E-state index in [1.54, 1.807) is 0 Å². The van der Waals surface area contributed by atoms with E-state index in [2.05, 4.69) is 51.6 Å². The van der Waals surface area contributed by atoms with Crippen molar-refractivity contribution in [2.24, 2.45) is 0 Å². The first-order valence-electron chi connectivity index (χ1n) is 11.6. The Bertz CT molecular complexity index is 1060. The summed E-state index contributed by atoms with van der Waals surface area (Å²) in [6, 6.07) is 12.2. The van der Waals surface area contributed by atoms with Crippen molar-refractivity contribution < 1.29 is 4.74 Å². The fraction of sp³-hybridized carbons (Fsp3) is 0.480. The standard InChI is InChI=1S/C25H30ClN5O/c1-17(2)32-22-9-6-18(7-10-22)25-29-28-24-16-30(15-21-5-3-4-12-27-21)14-19-13-20(26)8-11-23(19)31(24)25/h3-5,8,11-13,17-18,22H,6-7,9-10,14-16H2,1-2H3. The normalized spacial score (nSPS) is 21.2. The highest BCUT2D eigenvalue weighted by Gasteiger charge is 2.31. The molecule has 0 atom stereocenters. The smallest absolute Gasteiger partial charge is 0.151 e. The monoisotopic (exact) mass is 451 g/mol. The quantitative estimate of drug-likeness (QED) is 0.528. The third-order valence-electron chi connectivity index (χ3n) is 6.41. The highest BCUT2D eigenvalue weighted by atomic mass is 35.5. The van der Waals surface area contributed by atoms with E-state index in [4.69, 9.17) is 21.4 Å². The van der Waals surface area contributed by atoms with Gasteiger partial charge in [-0.05, 0) is 75.4 Å². The summed E-state index contributed by atoms with van der Waals surface area (Å²) in [6.45, 7) is 6.51. The number of hydrogen-bond acceptors (Lipinski definition) is 5. The molecule has 0 N–H and O–H groups in total. The first-order chi connectivity index (χ1) is 15.6. The highest BCUT2D eigenvalue weighted by Crippen LogP contribution is 2.37. The van der Waals surface area contributed by atoms with Crippen LogP contribution in [-0.4, -0.2) is 36.9 Å². The minimum absolute atomic E-state index is 0.280. The van der Waals surface area contributed by atoms with Gasteiger partial charge in [0.15, 0.2) is 5.82 Å². The van der Waals surface area contributed by atoms with Crippen LogP contribution in [0.25, 0.3) is 5.69 Å². The summed E-state index contributed by atoms with van der Waals surface area (Å²) in [5.41, 5.74) is 3.39. The summed E-state index contributed by atoms with van der Waals surface area (Å²) >= 11 is 6.40. The zero-order valence-electron chi connectivity index (χ0n) is 18.7. The summed E-state index contributed by atoms with van der Waals surface area (Å²) in [5, 5.41) is 10.1. The van der Waals surface area contributed by atoms with Gasteiger partial charge in [-0.2, -0.15) is 0 Å². The number of fused-ring (bicyclic) bond motifs is 3. The molecule has 1 saturated carbocycles. The van der Waals surface area contributed by atoms with Crippen LogP contribution in [0.2, 0.25) is 5.02 Å². The lowest BCUT2D eigenvalue weighted by molar-refractivity contribution is -0.0151. The third kappa shape index (κ3) is 4.58. The Morgan fingerprint density at radius 3 is 2.66 bits per heavy atom. The summed E-state index contributed by atoms with van der Waals surface area (Å²) in [6.07, 6.45) is 6.79. The van der Waals surface area contributed by atoms with Gasteiger partial charge < -0.3 is 4.74 Å². The molecule has 0 unspecified atom stereocenters. The van der Waals surface area contributed by atoms with Gasteiger partial charge in [-0.1, -0.05) is 17.7 Å². The Hall–Kier alpha value is -2.28. The number of benzene rings is 1. The van der Waals surface area contributed by atoms with E-state index in [0.717, 1.165) is 73.4 Å². The van der Waals surface area contributed by atoms with Gasteiger partial charge in [0.25, 0.3) is 0 Å². The highest BCUT2D eigenvalue weighted by molar-refractivity contribution is 6.30. The zero-order valence-corrected chi connectivity index (χ0v) is 19.5. The molecule has 2 aromatic heterocycles. The number of halogens is 1. The number of pyridine rings is 1. The SMILES string of the molecule is CC(C)OC1CCC(c2nnc3n2-c2ccc(Cl)cc2CN(Cc2ccccn2)C3)CC1. The van der Waals surface area contributed by atoms with Crippen molar-refractivity contribution in [3.05, 3.63) is 70.5 Å². The van der Waals surface area contributed by atoms with Crippen molar-refractivity contribution in [1.29, 1.82) is 0 Å². The topological polar surface area (TPSA) is 56.1 Å². The van der Waals surface area contributed by atoms with Gasteiger partial charge in [0.1, 0.15) is 5.82 Å². The average molecular weight is 452 g/mol. The second-order valence-electron chi connectivity index (χ2n) is 9.21. The fourth-order valence-electron chi connectivity index (χ4n) is 5.03. The molecule has 0 spiro atoms. The van der Waals surface area contributed by atoms with Crippen molar-refractivity contribution in [1.82, 2.24) is 24.6 Å². The number of rotatable bonds is 5. The summed E-state index contributed by atoms with van der Waals surface area (Å²) in [4.78, 5) is 6.88. The largest absolute Gasteiger partial charge is 0.376 e. The minimum Gasteiger partial charge on any atom is -0.376 e. The van der Waals surface area contributed by atoms with Crippen LogP contribution in [0.15, 0.2) is 42.6 Å². The van der Waals surface area contributed by atoms with E-state index < -0.39 is 0 Å². The van der Waals surface area contributed by atoms with Gasteiger partial charge in [-0.25, -0.2) is 0 Å². The molecule has 1 aliphatic heterocycles. The molecule has 0 amide bonds. The van der Waals surface area contributed by atoms with Crippen molar-refractivity contribution in [2.45, 2.75) is 77.3 Å². The lowest BCUT2D eigenvalue weighted by atomic mass is 9.86. The number of ether oxygens (including phenoxy) is 1. The molecule has 1 aliphatic carbocycles. The van der Waals surface area contributed by atoms with Crippen LogP contribution < -0.4 is 0 Å². The lowest BCUT2D eigenvalue weighted by Gasteiger charge is -2.29. The van der Waals surface area contributed by atoms with Crippen LogP contribution in [0, 0.1) is 0 Å². The Kier molecular flexibility index (Phi) is 6.26. The molecule has 0 bridgehead atoms. The van der Waals surface area contributed by atoms with Gasteiger partial charge in [0, 0.05) is 30.2 Å². The Balaban J connectivity index is 1.45. The third-order valence-corrected chi connectivity index (χ3v) is 6.65. The fourth-order valence-corrected chi connectivity index (χ4v) is 5.22. The lowest BCUT2D eigenvalue weighted by Crippen LogP contribution is -2.25. The number of hydrogen-bond donors (Lipinski definition) is 0. The maximum atomic E-state index is 6.40. The Labute approximate surface area is 194 Å². The Morgan fingerprint density at radius 2 is 1.91 bits per heavy atom. The molecule has 5 rings (SSSR count). The molecule has 7 heteroatoms. The van der Waals surface area contributed by atoms with E-state index >= 15 is 0 Å². The summed E-state index contributed by atoms with van der Waals surface area (Å²) in [5.74, 6) is 2.46. The van der Waals surface area contributed by atoms with Crippen LogP contribution in [0.1, 0.15) is 68.4 Å². The maximum Gasteiger partial charge on any atom is 0.151 e. The van der Waals surface area contributed by atoms with Gasteiger partial charge in [-0.3, -0.25) is 14.5 Å². The Morgan fingerprint density at radius 1 is 1.06 bits per heavy atom. The van der Waals surface area contributed by atoms with Gasteiger partial charge in [-0.15, -0.1) is 10.2 Å². The minimum atomic E-state index is 0.280. The van der Waals surface area contributed by atoms with Crippen LogP contribution in [0.3, 0.4) is 0 Å². The van der Waals surface area contributed by atoms with Crippen molar-refractivity contribution in [3.63, 3.8) is 0 Å². The molecule has 0 radical (unpaired) electrons. The second-order valence-corrected chi connectivity index (χ2v) is 9.64. The zero-order chi connectivity index (χ0) is 22.1. The molecule has 0 saturated heterocycles. The molecule has 168 valence electrons. The maximum absolute atomic E-state index is 6.40. The van der Waals surface area contributed by atoms with E-state index in [9.17, 15) is 0 Å². The average Bonchev–Trinajstić information content (AvgIpc) is 3.11. The summed E-state index contributed by atoms with van der Waals surface area (Å²) < 4.78 is 8.35.